The molecular formula is C12H17ClN6O2S. The molecule has 3 heterocycles. The number of methoxy groups -OCH3 is 1. The first-order chi connectivity index (χ1) is 10.2. The van der Waals surface area contributed by atoms with Crippen LogP contribution < -0.4 is 5.73 Å². The second-order valence-electron chi connectivity index (χ2n) is 4.92. The van der Waals surface area contributed by atoms with E-state index in [2.05, 4.69) is 24.9 Å². The van der Waals surface area contributed by atoms with Crippen LogP contribution in [0.5, 0.6) is 0 Å². The fourth-order valence-corrected chi connectivity index (χ4v) is 3.17. The summed E-state index contributed by atoms with van der Waals surface area (Å²) in [6.45, 7) is 2.67. The second kappa shape index (κ2) is 7.03. The maximum Gasteiger partial charge on any atom is 0.360 e. The van der Waals surface area contributed by atoms with Gasteiger partial charge in [0.25, 0.3) is 0 Å². The Balaban J connectivity index is 0.00000176. The van der Waals surface area contributed by atoms with Gasteiger partial charge in [0.1, 0.15) is 0 Å². The van der Waals surface area contributed by atoms with E-state index < -0.39 is 5.97 Å². The highest BCUT2D eigenvalue weighted by Gasteiger charge is 2.26. The normalized spacial score (nSPS) is 18.1. The molecule has 2 aromatic heterocycles. The van der Waals surface area contributed by atoms with Gasteiger partial charge in [-0.05, 0) is 6.42 Å². The van der Waals surface area contributed by atoms with Crippen molar-refractivity contribution in [3.8, 4) is 0 Å². The summed E-state index contributed by atoms with van der Waals surface area (Å²) in [5.41, 5.74) is 5.88. The van der Waals surface area contributed by atoms with Crippen LogP contribution in [0.15, 0.2) is 12.4 Å². The number of thiazole rings is 1. The molecule has 1 aliphatic rings. The summed E-state index contributed by atoms with van der Waals surface area (Å²) in [5.74, 6) is -0.462. The number of nitrogens with two attached hydrogens (primary N) is 1. The van der Waals surface area contributed by atoms with E-state index in [9.17, 15) is 4.79 Å². The Morgan fingerprint density at radius 1 is 1.59 bits per heavy atom. The SMILES string of the molecule is COC(=O)c1cn(C2CCN(Cc3cnc(N)s3)C2)nn1.Cl. The highest BCUT2D eigenvalue weighted by Crippen LogP contribution is 2.24. The Bertz CT molecular complexity index is 645. The molecule has 1 aliphatic heterocycles. The highest BCUT2D eigenvalue weighted by atomic mass is 35.5. The molecule has 3 rings (SSSR count). The van der Waals surface area contributed by atoms with Crippen LogP contribution in [-0.4, -0.2) is 51.0 Å². The van der Waals surface area contributed by atoms with E-state index in [1.807, 2.05) is 6.20 Å². The largest absolute Gasteiger partial charge is 0.464 e. The van der Waals surface area contributed by atoms with Gasteiger partial charge in [-0.15, -0.1) is 28.8 Å². The third-order valence-corrected chi connectivity index (χ3v) is 4.29. The summed E-state index contributed by atoms with van der Waals surface area (Å²) >= 11 is 1.51. The predicted octanol–water partition coefficient (Wildman–Crippen LogP) is 0.972. The molecule has 0 aliphatic carbocycles. The number of ether oxygens (including phenoxy) is 1. The zero-order valence-corrected chi connectivity index (χ0v) is 13.6. The van der Waals surface area contributed by atoms with Crippen LogP contribution in [-0.2, 0) is 11.3 Å². The molecule has 8 nitrogen and oxygen atoms in total. The molecule has 0 radical (unpaired) electrons. The molecule has 1 saturated heterocycles. The number of anilines is 1. The van der Waals surface area contributed by atoms with Crippen molar-refractivity contribution in [3.63, 3.8) is 0 Å². The average Bonchev–Trinajstić information content (AvgIpc) is 3.19. The van der Waals surface area contributed by atoms with Gasteiger partial charge in [0.05, 0.1) is 19.3 Å². The van der Waals surface area contributed by atoms with Crippen LogP contribution in [0.2, 0.25) is 0 Å². The van der Waals surface area contributed by atoms with Crippen molar-refractivity contribution in [3.05, 3.63) is 23.0 Å². The van der Waals surface area contributed by atoms with Crippen molar-refractivity contribution in [2.24, 2.45) is 0 Å². The van der Waals surface area contributed by atoms with E-state index in [4.69, 9.17) is 5.73 Å². The number of nitrogens with zero attached hydrogens (tertiary/aromatic N) is 5. The minimum Gasteiger partial charge on any atom is -0.464 e. The molecule has 0 bridgehead atoms. The lowest BCUT2D eigenvalue weighted by molar-refractivity contribution is 0.0594. The molecule has 0 aromatic carbocycles. The maximum atomic E-state index is 11.4. The number of hydrogen-bond acceptors (Lipinski definition) is 8. The molecular weight excluding hydrogens is 328 g/mol. The first-order valence-corrected chi connectivity index (χ1v) is 7.40. The Morgan fingerprint density at radius 3 is 3.09 bits per heavy atom. The monoisotopic (exact) mass is 344 g/mol. The summed E-state index contributed by atoms with van der Waals surface area (Å²) in [6.07, 6.45) is 4.43. The molecule has 22 heavy (non-hydrogen) atoms. The topological polar surface area (TPSA) is 99.2 Å². The predicted molar refractivity (Wildman–Crippen MR) is 84.1 cm³/mol. The van der Waals surface area contributed by atoms with Crippen molar-refractivity contribution in [2.75, 3.05) is 25.9 Å². The van der Waals surface area contributed by atoms with Gasteiger partial charge >= 0.3 is 5.97 Å². The van der Waals surface area contributed by atoms with Crippen molar-refractivity contribution in [1.82, 2.24) is 24.9 Å². The molecule has 0 saturated carbocycles. The molecule has 2 N–H and O–H groups in total. The molecule has 120 valence electrons. The summed E-state index contributed by atoms with van der Waals surface area (Å²) < 4.78 is 6.38. The lowest BCUT2D eigenvalue weighted by Crippen LogP contribution is -2.21. The van der Waals surface area contributed by atoms with Gasteiger partial charge in [0.15, 0.2) is 10.8 Å². The first-order valence-electron chi connectivity index (χ1n) is 6.58. The molecule has 2 aromatic rings. The zero-order valence-electron chi connectivity index (χ0n) is 12.0. The van der Waals surface area contributed by atoms with E-state index in [1.54, 1.807) is 10.9 Å². The van der Waals surface area contributed by atoms with Gasteiger partial charge < -0.3 is 10.5 Å². The maximum absolute atomic E-state index is 11.4. The third kappa shape index (κ3) is 3.54. The number of likely N-dealkylation sites (tertiary alicyclic amines) is 1. The zero-order chi connectivity index (χ0) is 14.8. The Morgan fingerprint density at radius 2 is 2.41 bits per heavy atom. The van der Waals surface area contributed by atoms with E-state index >= 15 is 0 Å². The Hall–Kier alpha value is -1.71. The van der Waals surface area contributed by atoms with Gasteiger partial charge in [-0.2, -0.15) is 0 Å². The number of aromatic nitrogens is 4. The Labute approximate surface area is 137 Å². The van der Waals surface area contributed by atoms with Gasteiger partial charge in [0, 0.05) is 30.7 Å². The average molecular weight is 345 g/mol. The van der Waals surface area contributed by atoms with Crippen molar-refractivity contribution < 1.29 is 9.53 Å². The lowest BCUT2D eigenvalue weighted by Gasteiger charge is -2.14. The van der Waals surface area contributed by atoms with Crippen molar-refractivity contribution >= 4 is 34.8 Å². The molecule has 1 atom stereocenters. The summed E-state index contributed by atoms with van der Waals surface area (Å²) in [5, 5.41) is 8.46. The highest BCUT2D eigenvalue weighted by molar-refractivity contribution is 7.15. The number of rotatable bonds is 4. The van der Waals surface area contributed by atoms with Crippen molar-refractivity contribution in [1.29, 1.82) is 0 Å². The van der Waals surface area contributed by atoms with Crippen LogP contribution in [0, 0.1) is 0 Å². The molecule has 1 fully saturated rings. The van der Waals surface area contributed by atoms with E-state index in [1.165, 1.54) is 18.4 Å². The fraction of sp³-hybridized carbons (Fsp3) is 0.500. The summed E-state index contributed by atoms with van der Waals surface area (Å²) in [4.78, 5) is 18.9. The molecule has 0 amide bonds. The second-order valence-corrected chi connectivity index (χ2v) is 6.06. The number of hydrogen-bond donors (Lipinski definition) is 1. The number of halogens is 1. The minimum atomic E-state index is -0.462. The Kier molecular flexibility index (Phi) is 5.33. The summed E-state index contributed by atoms with van der Waals surface area (Å²) in [6, 6.07) is 0.223. The van der Waals surface area contributed by atoms with E-state index in [-0.39, 0.29) is 24.1 Å². The molecule has 10 heteroatoms. The lowest BCUT2D eigenvalue weighted by atomic mass is 10.3. The quantitative estimate of drug-likeness (QED) is 0.825. The number of carbonyl (C=O) groups excluding carboxylic acids is 1. The molecule has 1 unspecified atom stereocenters. The first kappa shape index (κ1) is 16.7. The van der Waals surface area contributed by atoms with Crippen LogP contribution in [0.1, 0.15) is 27.8 Å². The van der Waals surface area contributed by atoms with Crippen LogP contribution in [0.4, 0.5) is 5.13 Å². The fourth-order valence-electron chi connectivity index (χ4n) is 2.44. The minimum absolute atomic E-state index is 0. The number of nitrogen functional groups attached to an aromatic ring is 1. The van der Waals surface area contributed by atoms with Gasteiger partial charge in [-0.3, -0.25) is 4.90 Å². The number of carbonyl (C=O) groups is 1. The standard InChI is InChI=1S/C12H16N6O2S.ClH/c1-20-11(19)10-7-18(16-15-10)8-2-3-17(5-8)6-9-4-14-12(13)21-9;/h4,7-8H,2-3,5-6H2,1H3,(H2,13,14);1H. The molecule has 0 spiro atoms. The van der Waals surface area contributed by atoms with Crippen LogP contribution >= 0.6 is 23.7 Å². The summed E-state index contributed by atoms with van der Waals surface area (Å²) in [7, 11) is 1.33. The third-order valence-electron chi connectivity index (χ3n) is 3.48. The van der Waals surface area contributed by atoms with Gasteiger partial charge in [0.2, 0.25) is 0 Å². The number of esters is 1. The van der Waals surface area contributed by atoms with E-state index in [0.717, 1.165) is 30.9 Å². The van der Waals surface area contributed by atoms with Crippen molar-refractivity contribution in [2.45, 2.75) is 19.0 Å². The van der Waals surface area contributed by atoms with E-state index in [0.29, 0.717) is 5.13 Å². The van der Waals surface area contributed by atoms with Gasteiger partial charge in [-0.25, -0.2) is 14.5 Å². The van der Waals surface area contributed by atoms with Crippen LogP contribution in [0.25, 0.3) is 0 Å². The van der Waals surface area contributed by atoms with Crippen LogP contribution in [0.3, 0.4) is 0 Å². The van der Waals surface area contributed by atoms with Gasteiger partial charge in [-0.1, -0.05) is 5.21 Å². The smallest absolute Gasteiger partial charge is 0.360 e.